The first kappa shape index (κ1) is 75.0. The molecule has 0 spiro atoms. The zero-order valence-corrected chi connectivity index (χ0v) is 50.3. The van der Waals surface area contributed by atoms with Gasteiger partial charge in [-0.2, -0.15) is 0 Å². The number of carbonyl (C=O) groups is 3. The molecule has 0 aromatic heterocycles. The summed E-state index contributed by atoms with van der Waals surface area (Å²) in [7, 11) is 0. The number of nitrogens with one attached hydrogen (secondary N) is 2. The third kappa shape index (κ3) is 26.5. The van der Waals surface area contributed by atoms with Gasteiger partial charge in [0.1, 0.15) is 67.1 Å². The van der Waals surface area contributed by atoms with Crippen LogP contribution in [0.2, 0.25) is 0 Å². The molecule has 3 fully saturated rings. The predicted molar refractivity (Wildman–Crippen MR) is 306 cm³/mol. The molecule has 0 radical (unpaired) electrons. The van der Waals surface area contributed by atoms with Crippen LogP contribution >= 0.6 is 0 Å². The van der Waals surface area contributed by atoms with Gasteiger partial charge in [-0.1, -0.05) is 194 Å². The lowest BCUT2D eigenvalue weighted by atomic mass is 9.88. The second-order valence-electron chi connectivity index (χ2n) is 23.6. The van der Waals surface area contributed by atoms with Crippen molar-refractivity contribution in [1.82, 2.24) is 10.6 Å². The van der Waals surface area contributed by atoms with Crippen molar-refractivity contribution in [3.05, 3.63) is 0 Å². The number of hydrogen-bond donors (Lipinski definition) is 14. The maximum Gasteiger partial charge on any atom is 0.364 e. The summed E-state index contributed by atoms with van der Waals surface area (Å²) in [5.41, 5.74) is 0. The monoisotopic (exact) mass is 1200 g/mol. The Kier molecular flexibility index (Phi) is 38.5. The van der Waals surface area contributed by atoms with Crippen molar-refractivity contribution in [3.8, 4) is 0 Å². The number of aliphatic carboxylic acids is 1. The quantitative estimate of drug-likeness (QED) is 0.0386. The van der Waals surface area contributed by atoms with Crippen LogP contribution in [0, 0.1) is 0 Å². The minimum absolute atomic E-state index is 0.227. The van der Waals surface area contributed by atoms with Gasteiger partial charge in [0.05, 0.1) is 50.7 Å². The number of carboxylic acids is 1. The molecule has 0 saturated carbocycles. The molecule has 0 aliphatic carbocycles. The number of unbranched alkanes of at least 4 members (excludes halogenated alkanes) is 27. The van der Waals surface area contributed by atoms with Gasteiger partial charge >= 0.3 is 5.97 Å². The number of aliphatic hydroxyl groups is 11. The second kappa shape index (κ2) is 42.6. The Balaban J connectivity index is 1.62. The summed E-state index contributed by atoms with van der Waals surface area (Å²) in [6, 6.07) is -2.52. The molecule has 83 heavy (non-hydrogen) atoms. The van der Waals surface area contributed by atoms with E-state index in [1.165, 1.54) is 122 Å². The van der Waals surface area contributed by atoms with E-state index >= 15 is 0 Å². The van der Waals surface area contributed by atoms with Crippen LogP contribution in [0.5, 0.6) is 0 Å². The highest BCUT2D eigenvalue weighted by molar-refractivity contribution is 5.77. The topological polar surface area (TPSA) is 373 Å². The van der Waals surface area contributed by atoms with E-state index in [2.05, 4.69) is 24.5 Å². The van der Waals surface area contributed by atoms with E-state index < -0.39 is 148 Å². The highest BCUT2D eigenvalue weighted by Gasteiger charge is 2.60. The molecular weight excluding hydrogens is 1080 g/mol. The van der Waals surface area contributed by atoms with E-state index in [1.807, 2.05) is 0 Å². The molecule has 488 valence electrons. The maximum atomic E-state index is 13.3. The van der Waals surface area contributed by atoms with Crippen molar-refractivity contribution in [2.24, 2.45) is 0 Å². The van der Waals surface area contributed by atoms with E-state index in [9.17, 15) is 75.7 Å². The van der Waals surface area contributed by atoms with E-state index in [0.717, 1.165) is 58.3 Å². The molecule has 0 aromatic rings. The number of amides is 2. The number of aliphatic hydroxyl groups excluding tert-OH is 11. The van der Waals surface area contributed by atoms with Crippen molar-refractivity contribution in [2.75, 3.05) is 26.4 Å². The molecule has 3 saturated heterocycles. The van der Waals surface area contributed by atoms with Gasteiger partial charge in [-0.05, 0) is 12.8 Å². The molecule has 18 atom stereocenters. The molecule has 23 heteroatoms. The Hall–Kier alpha value is -2.27. The van der Waals surface area contributed by atoms with Gasteiger partial charge in [-0.25, -0.2) is 4.79 Å². The van der Waals surface area contributed by atoms with Gasteiger partial charge in [-0.3, -0.25) is 9.59 Å². The fraction of sp³-hybridized carbons (Fsp3) is 0.950. The van der Waals surface area contributed by atoms with E-state index in [-0.39, 0.29) is 18.9 Å². The van der Waals surface area contributed by atoms with Crippen LogP contribution in [0.25, 0.3) is 0 Å². The number of carboxylic acid groups (broad SMARTS) is 1. The van der Waals surface area contributed by atoms with Crippen LogP contribution < -0.4 is 10.6 Å². The lowest BCUT2D eigenvalue weighted by Gasteiger charge is -2.50. The van der Waals surface area contributed by atoms with Gasteiger partial charge in [0.2, 0.25) is 11.8 Å². The van der Waals surface area contributed by atoms with Gasteiger partial charge in [0.15, 0.2) is 12.6 Å². The SMILES string of the molecule is CCCCCCCCCCCCCCCCCCCCCC(O)C(COC1OC(CO)C(OC2OC(CO)C(O)C(OC3(C(=O)O)CC(O)C(NC(C)=O)C(C(O)C(O)CO)O3)C2O)C(O)C1O)NC(=O)CCCCCCCCCCCC. The highest BCUT2D eigenvalue weighted by Crippen LogP contribution is 2.38. The average Bonchev–Trinajstić information content (AvgIpc) is 3.65. The van der Waals surface area contributed by atoms with Gasteiger partial charge in [-0.15, -0.1) is 0 Å². The maximum absolute atomic E-state index is 13.3. The number of carbonyl (C=O) groups excluding carboxylic acids is 2. The van der Waals surface area contributed by atoms with Crippen LogP contribution in [0.4, 0.5) is 0 Å². The predicted octanol–water partition coefficient (Wildman–Crippen LogP) is 3.78. The fourth-order valence-electron chi connectivity index (χ4n) is 11.4. The third-order valence-corrected chi connectivity index (χ3v) is 16.6. The summed E-state index contributed by atoms with van der Waals surface area (Å²) in [6.07, 6.45) is 5.63. The first-order valence-corrected chi connectivity index (χ1v) is 31.9. The molecule has 3 aliphatic rings. The average molecular weight is 1200 g/mol. The number of rotatable bonds is 47. The molecule has 3 aliphatic heterocycles. The van der Waals surface area contributed by atoms with Crippen molar-refractivity contribution in [1.29, 1.82) is 0 Å². The Bertz CT molecular complexity index is 1710. The molecule has 2 amide bonds. The minimum Gasteiger partial charge on any atom is -0.477 e. The summed E-state index contributed by atoms with van der Waals surface area (Å²) in [5, 5.41) is 136. The van der Waals surface area contributed by atoms with Crippen LogP contribution in [0.1, 0.15) is 226 Å². The summed E-state index contributed by atoms with van der Waals surface area (Å²) in [6.45, 7) is 2.17. The molecule has 0 bridgehead atoms. The van der Waals surface area contributed by atoms with E-state index in [1.54, 1.807) is 0 Å². The normalized spacial score (nSPS) is 29.9. The van der Waals surface area contributed by atoms with Gasteiger partial charge < -0.3 is 100 Å². The van der Waals surface area contributed by atoms with Gasteiger partial charge in [0, 0.05) is 19.8 Å². The lowest BCUT2D eigenvalue weighted by Crippen LogP contribution is -2.70. The zero-order valence-electron chi connectivity index (χ0n) is 50.3. The fourth-order valence-corrected chi connectivity index (χ4v) is 11.4. The Morgan fingerprint density at radius 1 is 0.578 bits per heavy atom. The second-order valence-corrected chi connectivity index (χ2v) is 23.6. The standard InChI is InChI=1S/C60H112N2O21/c1-4-6-8-10-12-14-16-17-18-19-20-21-22-23-24-25-27-29-31-33-42(67)41(62-47(70)34-32-30-28-26-15-13-11-9-7-5-2)39-78-57-52(74)51(73)54(46(38-65)80-57)81-58-53(75)56(50(72)45(37-64)79-58)83-60(59(76)77)35-43(68)48(61-40(3)66)55(82-60)49(71)44(69)36-63/h41-46,48-58,63-65,67-69,71-75H,4-39H2,1-3H3,(H,61,66)(H,62,70)(H,76,77). The van der Waals surface area contributed by atoms with Crippen molar-refractivity contribution >= 4 is 17.8 Å². The first-order valence-electron chi connectivity index (χ1n) is 31.9. The summed E-state index contributed by atoms with van der Waals surface area (Å²) in [5.74, 6) is -6.10. The Labute approximate surface area is 493 Å². The van der Waals surface area contributed by atoms with Crippen LogP contribution in [0.3, 0.4) is 0 Å². The largest absolute Gasteiger partial charge is 0.477 e. The van der Waals surface area contributed by atoms with E-state index in [4.69, 9.17) is 28.4 Å². The van der Waals surface area contributed by atoms with Crippen LogP contribution in [0.15, 0.2) is 0 Å². The third-order valence-electron chi connectivity index (χ3n) is 16.6. The molecule has 0 aromatic carbocycles. The Morgan fingerprint density at radius 3 is 1.51 bits per heavy atom. The van der Waals surface area contributed by atoms with Gasteiger partial charge in [0.25, 0.3) is 5.79 Å². The van der Waals surface area contributed by atoms with Crippen molar-refractivity contribution in [2.45, 2.75) is 336 Å². The summed E-state index contributed by atoms with van der Waals surface area (Å²) in [4.78, 5) is 38.4. The minimum atomic E-state index is -3.07. The number of hydrogen-bond acceptors (Lipinski definition) is 20. The molecular formula is C60H112N2O21. The molecule has 14 N–H and O–H groups in total. The number of ether oxygens (including phenoxy) is 6. The molecule has 3 heterocycles. The molecule has 3 rings (SSSR count). The van der Waals surface area contributed by atoms with Crippen LogP contribution in [-0.4, -0.2) is 215 Å². The van der Waals surface area contributed by atoms with Crippen molar-refractivity contribution < 1.29 is 104 Å². The summed E-state index contributed by atoms with van der Waals surface area (Å²) >= 11 is 0. The van der Waals surface area contributed by atoms with Crippen LogP contribution in [-0.2, 0) is 42.8 Å². The lowest BCUT2D eigenvalue weighted by molar-refractivity contribution is -0.386. The first-order chi connectivity index (χ1) is 39.9. The summed E-state index contributed by atoms with van der Waals surface area (Å²) < 4.78 is 34.7. The zero-order chi connectivity index (χ0) is 61.2. The highest BCUT2D eigenvalue weighted by atomic mass is 16.8. The van der Waals surface area contributed by atoms with E-state index in [0.29, 0.717) is 19.3 Å². The molecule has 18 unspecified atom stereocenters. The van der Waals surface area contributed by atoms with Crippen molar-refractivity contribution in [3.63, 3.8) is 0 Å². The molecule has 23 nitrogen and oxygen atoms in total. The smallest absolute Gasteiger partial charge is 0.364 e. The Morgan fingerprint density at radius 2 is 1.05 bits per heavy atom.